The molecule has 0 aliphatic carbocycles. The third-order valence-electron chi connectivity index (χ3n) is 2.89. The van der Waals surface area contributed by atoms with Gasteiger partial charge in [-0.25, -0.2) is 4.39 Å². The monoisotopic (exact) mass is 254 g/mol. The topological polar surface area (TPSA) is 83.7 Å². The van der Waals surface area contributed by atoms with Crippen LogP contribution in [0.3, 0.4) is 0 Å². The average molecular weight is 254 g/mol. The van der Waals surface area contributed by atoms with Crippen molar-refractivity contribution in [1.29, 1.82) is 0 Å². The molecule has 0 radical (unpaired) electrons. The predicted molar refractivity (Wildman–Crippen MR) is 60.6 cm³/mol. The number of anilines is 1. The van der Waals surface area contributed by atoms with Crippen LogP contribution < -0.4 is 4.90 Å². The number of amides is 1. The van der Waals surface area contributed by atoms with Gasteiger partial charge in [0.1, 0.15) is 5.82 Å². The molecule has 0 bridgehead atoms. The van der Waals surface area contributed by atoms with Crippen LogP contribution in [0, 0.1) is 21.8 Å². The van der Waals surface area contributed by atoms with Gasteiger partial charge in [-0.3, -0.25) is 14.9 Å². The molecule has 1 aliphatic rings. The number of halogens is 1. The predicted octanol–water partition coefficient (Wildman–Crippen LogP) is 1.08. The number of carbonyl (C=O) groups excluding carboxylic acids is 1. The summed E-state index contributed by atoms with van der Waals surface area (Å²) in [6, 6.07) is 3.04. The van der Waals surface area contributed by atoms with Gasteiger partial charge >= 0.3 is 0 Å². The molecule has 0 saturated carbocycles. The van der Waals surface area contributed by atoms with Gasteiger partial charge in [-0.1, -0.05) is 0 Å². The van der Waals surface area contributed by atoms with E-state index in [0.29, 0.717) is 0 Å². The maximum absolute atomic E-state index is 13.6. The molecule has 1 heterocycles. The summed E-state index contributed by atoms with van der Waals surface area (Å²) in [5.74, 6) is -1.28. The number of nitro benzene ring substituents is 1. The fraction of sp³-hybridized carbons (Fsp3) is 0.364. The minimum absolute atomic E-state index is 0.106. The lowest BCUT2D eigenvalue weighted by molar-refractivity contribution is -0.384. The molecule has 1 aliphatic heterocycles. The molecule has 1 fully saturated rings. The largest absolute Gasteiger partial charge is 0.396 e. The number of hydrogen-bond donors (Lipinski definition) is 1. The minimum atomic E-state index is -0.687. The molecule has 0 spiro atoms. The highest BCUT2D eigenvalue weighted by molar-refractivity contribution is 5.96. The summed E-state index contributed by atoms with van der Waals surface area (Å²) < 4.78 is 13.6. The second kappa shape index (κ2) is 4.69. The van der Waals surface area contributed by atoms with Crippen molar-refractivity contribution < 1.29 is 19.2 Å². The lowest BCUT2D eigenvalue weighted by atomic mass is 10.1. The first kappa shape index (κ1) is 12.4. The molecule has 1 atom stereocenters. The van der Waals surface area contributed by atoms with E-state index in [1.807, 2.05) is 0 Å². The number of aliphatic hydroxyl groups excluding tert-OH is 1. The minimum Gasteiger partial charge on any atom is -0.396 e. The van der Waals surface area contributed by atoms with Gasteiger partial charge in [-0.2, -0.15) is 0 Å². The van der Waals surface area contributed by atoms with Crippen LogP contribution in [-0.4, -0.2) is 29.1 Å². The fourth-order valence-corrected chi connectivity index (χ4v) is 1.96. The summed E-state index contributed by atoms with van der Waals surface area (Å²) in [5, 5.41) is 19.6. The van der Waals surface area contributed by atoms with Crippen LogP contribution in [0.2, 0.25) is 0 Å². The van der Waals surface area contributed by atoms with E-state index in [1.54, 1.807) is 0 Å². The van der Waals surface area contributed by atoms with Crippen molar-refractivity contribution in [2.45, 2.75) is 6.42 Å². The van der Waals surface area contributed by atoms with E-state index in [1.165, 1.54) is 0 Å². The highest BCUT2D eigenvalue weighted by Crippen LogP contribution is 2.30. The number of nitrogens with zero attached hydrogens (tertiary/aromatic N) is 2. The second-order valence-corrected chi connectivity index (χ2v) is 4.15. The van der Waals surface area contributed by atoms with Crippen LogP contribution in [0.5, 0.6) is 0 Å². The molecule has 7 heteroatoms. The third-order valence-corrected chi connectivity index (χ3v) is 2.89. The van der Waals surface area contributed by atoms with Crippen molar-refractivity contribution >= 4 is 17.3 Å². The lowest BCUT2D eigenvalue weighted by Crippen LogP contribution is -2.26. The SMILES string of the molecule is O=C1CC(CO)CN1c1cc([N+](=O)[O-])ccc1F. The molecule has 1 saturated heterocycles. The third kappa shape index (κ3) is 2.17. The molecule has 1 unspecified atom stereocenters. The number of carbonyl (C=O) groups is 1. The van der Waals surface area contributed by atoms with Crippen LogP contribution in [0.1, 0.15) is 6.42 Å². The molecular weight excluding hydrogens is 243 g/mol. The van der Waals surface area contributed by atoms with E-state index in [4.69, 9.17) is 5.11 Å². The zero-order valence-corrected chi connectivity index (χ0v) is 9.38. The molecule has 0 aromatic heterocycles. The maximum Gasteiger partial charge on any atom is 0.271 e. The van der Waals surface area contributed by atoms with Gasteiger partial charge in [0.2, 0.25) is 5.91 Å². The van der Waals surface area contributed by atoms with Crippen molar-refractivity contribution in [3.63, 3.8) is 0 Å². The number of aliphatic hydroxyl groups is 1. The Labute approximate surface area is 102 Å². The van der Waals surface area contributed by atoms with E-state index >= 15 is 0 Å². The molecule has 1 aromatic carbocycles. The van der Waals surface area contributed by atoms with Crippen molar-refractivity contribution in [3.05, 3.63) is 34.1 Å². The van der Waals surface area contributed by atoms with E-state index in [2.05, 4.69) is 0 Å². The van der Waals surface area contributed by atoms with E-state index in [-0.39, 0.29) is 42.8 Å². The van der Waals surface area contributed by atoms with Crippen molar-refractivity contribution in [2.24, 2.45) is 5.92 Å². The van der Waals surface area contributed by atoms with Crippen molar-refractivity contribution in [2.75, 3.05) is 18.1 Å². The molecule has 1 aromatic rings. The molecule has 18 heavy (non-hydrogen) atoms. The van der Waals surface area contributed by atoms with E-state index in [0.717, 1.165) is 23.1 Å². The molecule has 1 amide bonds. The highest BCUT2D eigenvalue weighted by Gasteiger charge is 2.32. The standard InChI is InChI=1S/C11H11FN2O4/c12-9-2-1-8(14(17)18)4-10(9)13-5-7(6-15)3-11(13)16/h1-2,4,7,15H,3,5-6H2. The fourth-order valence-electron chi connectivity index (χ4n) is 1.96. The second-order valence-electron chi connectivity index (χ2n) is 4.15. The Morgan fingerprint density at radius 1 is 1.56 bits per heavy atom. The van der Waals surface area contributed by atoms with Gasteiger partial charge in [0.25, 0.3) is 5.69 Å². The first-order valence-corrected chi connectivity index (χ1v) is 5.38. The Balaban J connectivity index is 2.35. The van der Waals surface area contributed by atoms with Gasteiger partial charge in [-0.05, 0) is 6.07 Å². The Kier molecular flexibility index (Phi) is 3.24. The Hall–Kier alpha value is -2.02. The molecule has 1 N–H and O–H groups in total. The van der Waals surface area contributed by atoms with E-state index in [9.17, 15) is 19.3 Å². The Morgan fingerprint density at radius 3 is 2.83 bits per heavy atom. The summed E-state index contributed by atoms with van der Waals surface area (Å²) in [6.07, 6.45) is 0.124. The molecule has 2 rings (SSSR count). The highest BCUT2D eigenvalue weighted by atomic mass is 19.1. The lowest BCUT2D eigenvalue weighted by Gasteiger charge is -2.16. The first-order valence-electron chi connectivity index (χ1n) is 5.38. The number of non-ortho nitro benzene ring substituents is 1. The zero-order chi connectivity index (χ0) is 13.3. The number of hydrogen-bond acceptors (Lipinski definition) is 4. The number of rotatable bonds is 3. The molecule has 96 valence electrons. The summed E-state index contributed by atoms with van der Waals surface area (Å²) in [6.45, 7) is 0.00616. The number of benzene rings is 1. The molecular formula is C11H11FN2O4. The quantitative estimate of drug-likeness (QED) is 0.646. The molecule has 6 nitrogen and oxygen atoms in total. The Bertz CT molecular complexity index is 506. The van der Waals surface area contributed by atoms with Gasteiger partial charge in [0.05, 0.1) is 10.6 Å². The normalized spacial score (nSPS) is 19.3. The number of nitro groups is 1. The van der Waals surface area contributed by atoms with Gasteiger partial charge < -0.3 is 10.0 Å². The first-order chi connectivity index (χ1) is 8.52. The summed E-state index contributed by atoms with van der Waals surface area (Å²) in [4.78, 5) is 22.8. The van der Waals surface area contributed by atoms with Crippen LogP contribution in [0.15, 0.2) is 18.2 Å². The van der Waals surface area contributed by atoms with E-state index < -0.39 is 10.7 Å². The van der Waals surface area contributed by atoms with Crippen LogP contribution in [-0.2, 0) is 4.79 Å². The van der Waals surface area contributed by atoms with Crippen LogP contribution >= 0.6 is 0 Å². The Morgan fingerprint density at radius 2 is 2.28 bits per heavy atom. The zero-order valence-electron chi connectivity index (χ0n) is 9.38. The van der Waals surface area contributed by atoms with Crippen molar-refractivity contribution in [1.82, 2.24) is 0 Å². The van der Waals surface area contributed by atoms with Crippen LogP contribution in [0.4, 0.5) is 15.8 Å². The maximum atomic E-state index is 13.6. The van der Waals surface area contributed by atoms with Crippen molar-refractivity contribution in [3.8, 4) is 0 Å². The average Bonchev–Trinajstić information content (AvgIpc) is 2.71. The van der Waals surface area contributed by atoms with Crippen LogP contribution in [0.25, 0.3) is 0 Å². The summed E-state index contributed by atoms with van der Waals surface area (Å²) >= 11 is 0. The summed E-state index contributed by atoms with van der Waals surface area (Å²) in [7, 11) is 0. The van der Waals surface area contributed by atoms with Gasteiger partial charge in [0.15, 0.2) is 0 Å². The summed E-state index contributed by atoms with van der Waals surface area (Å²) in [5.41, 5.74) is -0.378. The smallest absolute Gasteiger partial charge is 0.271 e. The van der Waals surface area contributed by atoms with Gasteiger partial charge in [0, 0.05) is 37.6 Å². The van der Waals surface area contributed by atoms with Gasteiger partial charge in [-0.15, -0.1) is 0 Å².